The lowest BCUT2D eigenvalue weighted by Crippen LogP contribution is -2.46. The quantitative estimate of drug-likeness (QED) is 0.694. The second-order valence-corrected chi connectivity index (χ2v) is 4.65. The highest BCUT2D eigenvalue weighted by Gasteiger charge is 2.37. The summed E-state index contributed by atoms with van der Waals surface area (Å²) in [5.74, 6) is 0. The van der Waals surface area contributed by atoms with E-state index in [2.05, 4.69) is 29.6 Å². The molecule has 0 aliphatic carbocycles. The van der Waals surface area contributed by atoms with Crippen molar-refractivity contribution in [3.05, 3.63) is 35.4 Å². The van der Waals surface area contributed by atoms with Crippen molar-refractivity contribution in [2.45, 2.75) is 24.8 Å². The van der Waals surface area contributed by atoms with Gasteiger partial charge in [0.25, 0.3) is 0 Å². The van der Waals surface area contributed by atoms with Gasteiger partial charge < -0.3 is 10.1 Å². The molecule has 1 aromatic rings. The van der Waals surface area contributed by atoms with Crippen LogP contribution in [0, 0.1) is 0 Å². The molecule has 0 atom stereocenters. The van der Waals surface area contributed by atoms with Crippen LogP contribution in [-0.4, -0.2) is 19.8 Å². The first-order valence-corrected chi connectivity index (χ1v) is 5.78. The Kier molecular flexibility index (Phi) is 2.26. The van der Waals surface area contributed by atoms with E-state index in [1.165, 1.54) is 5.56 Å². The maximum absolute atomic E-state index is 5.48. The minimum absolute atomic E-state index is 0.354. The minimum atomic E-state index is 0.354. The summed E-state index contributed by atoms with van der Waals surface area (Å²) in [6.45, 7) is 3.97. The van der Waals surface area contributed by atoms with Crippen LogP contribution in [0.2, 0.25) is 0 Å². The fourth-order valence-electron chi connectivity index (χ4n) is 2.93. The van der Waals surface area contributed by atoms with Crippen molar-refractivity contribution in [1.82, 2.24) is 5.32 Å². The second kappa shape index (κ2) is 3.62. The highest BCUT2D eigenvalue weighted by Crippen LogP contribution is 2.38. The molecule has 1 fully saturated rings. The maximum atomic E-state index is 5.48. The van der Waals surface area contributed by atoms with Crippen LogP contribution in [0.15, 0.2) is 24.3 Å². The van der Waals surface area contributed by atoms with E-state index in [0.29, 0.717) is 5.41 Å². The molecule has 0 aromatic heterocycles. The van der Waals surface area contributed by atoms with Gasteiger partial charge in [-0.15, -0.1) is 0 Å². The van der Waals surface area contributed by atoms with E-state index in [1.807, 2.05) is 0 Å². The van der Waals surface area contributed by atoms with Crippen molar-refractivity contribution < 1.29 is 4.74 Å². The fraction of sp³-hybridized carbons (Fsp3) is 0.538. The summed E-state index contributed by atoms with van der Waals surface area (Å²) < 4.78 is 5.48. The van der Waals surface area contributed by atoms with E-state index in [-0.39, 0.29) is 0 Å². The SMILES string of the molecule is c1ccc2c(c1)CNCC21CCOCC1. The van der Waals surface area contributed by atoms with Gasteiger partial charge in [0.2, 0.25) is 0 Å². The third-order valence-electron chi connectivity index (χ3n) is 3.82. The lowest BCUT2D eigenvalue weighted by molar-refractivity contribution is 0.0471. The van der Waals surface area contributed by atoms with Crippen LogP contribution < -0.4 is 5.32 Å². The van der Waals surface area contributed by atoms with Gasteiger partial charge in [0, 0.05) is 31.7 Å². The molecular formula is C13H17NO. The summed E-state index contributed by atoms with van der Waals surface area (Å²) in [5, 5.41) is 3.55. The molecule has 80 valence electrons. The first kappa shape index (κ1) is 9.37. The lowest BCUT2D eigenvalue weighted by Gasteiger charge is -2.42. The molecular weight excluding hydrogens is 186 g/mol. The Balaban J connectivity index is 2.04. The topological polar surface area (TPSA) is 21.3 Å². The molecule has 1 N–H and O–H groups in total. The van der Waals surface area contributed by atoms with E-state index in [4.69, 9.17) is 4.74 Å². The van der Waals surface area contributed by atoms with Crippen molar-refractivity contribution in [1.29, 1.82) is 0 Å². The third kappa shape index (κ3) is 1.48. The molecule has 1 saturated heterocycles. The average Bonchev–Trinajstić information content (AvgIpc) is 2.31. The standard InChI is InChI=1S/C13H17NO/c1-2-4-12-11(3-1)9-14-10-13(12)5-7-15-8-6-13/h1-4,14H,5-10H2. The van der Waals surface area contributed by atoms with Gasteiger partial charge in [-0.05, 0) is 24.0 Å². The Hall–Kier alpha value is -0.860. The van der Waals surface area contributed by atoms with E-state index >= 15 is 0 Å². The van der Waals surface area contributed by atoms with E-state index in [0.717, 1.165) is 39.1 Å². The molecule has 3 rings (SSSR count). The molecule has 2 heterocycles. The van der Waals surface area contributed by atoms with Gasteiger partial charge in [0.1, 0.15) is 0 Å². The van der Waals surface area contributed by atoms with E-state index in [1.54, 1.807) is 5.56 Å². The Labute approximate surface area is 90.6 Å². The van der Waals surface area contributed by atoms with Crippen LogP contribution in [0.1, 0.15) is 24.0 Å². The number of hydrogen-bond donors (Lipinski definition) is 1. The monoisotopic (exact) mass is 203 g/mol. The molecule has 0 unspecified atom stereocenters. The molecule has 0 bridgehead atoms. The Morgan fingerprint density at radius 3 is 2.80 bits per heavy atom. The Morgan fingerprint density at radius 1 is 1.13 bits per heavy atom. The molecule has 2 aliphatic heterocycles. The van der Waals surface area contributed by atoms with Crippen LogP contribution in [0.25, 0.3) is 0 Å². The summed E-state index contributed by atoms with van der Waals surface area (Å²) in [7, 11) is 0. The lowest BCUT2D eigenvalue weighted by atomic mass is 9.70. The smallest absolute Gasteiger partial charge is 0.0475 e. The van der Waals surface area contributed by atoms with Gasteiger partial charge in [-0.3, -0.25) is 0 Å². The molecule has 2 heteroatoms. The molecule has 0 saturated carbocycles. The second-order valence-electron chi connectivity index (χ2n) is 4.65. The van der Waals surface area contributed by atoms with Gasteiger partial charge in [0.05, 0.1) is 0 Å². The predicted molar refractivity (Wildman–Crippen MR) is 59.9 cm³/mol. The molecule has 15 heavy (non-hydrogen) atoms. The summed E-state index contributed by atoms with van der Waals surface area (Å²) in [4.78, 5) is 0. The number of nitrogens with one attached hydrogen (secondary N) is 1. The van der Waals surface area contributed by atoms with Gasteiger partial charge in [-0.2, -0.15) is 0 Å². The zero-order valence-corrected chi connectivity index (χ0v) is 8.96. The van der Waals surface area contributed by atoms with E-state index < -0.39 is 0 Å². The minimum Gasteiger partial charge on any atom is -0.381 e. The predicted octanol–water partition coefficient (Wildman–Crippen LogP) is 1.84. The third-order valence-corrected chi connectivity index (χ3v) is 3.82. The van der Waals surface area contributed by atoms with Crippen LogP contribution in [-0.2, 0) is 16.7 Å². The van der Waals surface area contributed by atoms with Gasteiger partial charge in [-0.1, -0.05) is 24.3 Å². The maximum Gasteiger partial charge on any atom is 0.0475 e. The highest BCUT2D eigenvalue weighted by molar-refractivity contribution is 5.37. The number of hydrogen-bond acceptors (Lipinski definition) is 2. The van der Waals surface area contributed by atoms with Crippen LogP contribution in [0.5, 0.6) is 0 Å². The average molecular weight is 203 g/mol. The summed E-state index contributed by atoms with van der Waals surface area (Å²) >= 11 is 0. The zero-order chi connectivity index (χ0) is 10.1. The summed E-state index contributed by atoms with van der Waals surface area (Å²) in [6.07, 6.45) is 2.33. The largest absolute Gasteiger partial charge is 0.381 e. The van der Waals surface area contributed by atoms with Crippen molar-refractivity contribution >= 4 is 0 Å². The number of rotatable bonds is 0. The molecule has 2 nitrogen and oxygen atoms in total. The first-order valence-electron chi connectivity index (χ1n) is 5.78. The van der Waals surface area contributed by atoms with Gasteiger partial charge in [-0.25, -0.2) is 0 Å². The number of ether oxygens (including phenoxy) is 1. The normalized spacial score (nSPS) is 23.7. The first-order chi connectivity index (χ1) is 7.41. The van der Waals surface area contributed by atoms with Crippen molar-refractivity contribution in [2.24, 2.45) is 0 Å². The van der Waals surface area contributed by atoms with Crippen molar-refractivity contribution in [2.75, 3.05) is 19.8 Å². The Morgan fingerprint density at radius 2 is 1.93 bits per heavy atom. The zero-order valence-electron chi connectivity index (χ0n) is 8.96. The summed E-state index contributed by atoms with van der Waals surface area (Å²) in [6, 6.07) is 8.86. The van der Waals surface area contributed by atoms with E-state index in [9.17, 15) is 0 Å². The molecule has 0 radical (unpaired) electrons. The molecule has 1 aromatic carbocycles. The molecule has 0 amide bonds. The number of benzene rings is 1. The number of fused-ring (bicyclic) bond motifs is 2. The van der Waals surface area contributed by atoms with Crippen LogP contribution >= 0.6 is 0 Å². The van der Waals surface area contributed by atoms with Crippen molar-refractivity contribution in [3.63, 3.8) is 0 Å². The van der Waals surface area contributed by atoms with Gasteiger partial charge in [0.15, 0.2) is 0 Å². The summed E-state index contributed by atoms with van der Waals surface area (Å²) in [5.41, 5.74) is 3.39. The molecule has 2 aliphatic rings. The van der Waals surface area contributed by atoms with Crippen molar-refractivity contribution in [3.8, 4) is 0 Å². The highest BCUT2D eigenvalue weighted by atomic mass is 16.5. The van der Waals surface area contributed by atoms with Gasteiger partial charge >= 0.3 is 0 Å². The molecule has 1 spiro atoms. The Bertz CT molecular complexity index is 355. The van der Waals surface area contributed by atoms with Crippen LogP contribution in [0.4, 0.5) is 0 Å². The van der Waals surface area contributed by atoms with Crippen LogP contribution in [0.3, 0.4) is 0 Å². The fourth-order valence-corrected chi connectivity index (χ4v) is 2.93.